The van der Waals surface area contributed by atoms with Crippen molar-refractivity contribution in [3.8, 4) is 6.07 Å². The van der Waals surface area contributed by atoms with Crippen LogP contribution in [-0.2, 0) is 11.3 Å². The summed E-state index contributed by atoms with van der Waals surface area (Å²) in [7, 11) is 0. The summed E-state index contributed by atoms with van der Waals surface area (Å²) in [5.74, 6) is -0.385. The summed E-state index contributed by atoms with van der Waals surface area (Å²) in [6, 6.07) is 6.25. The van der Waals surface area contributed by atoms with Gasteiger partial charge >= 0.3 is 0 Å². The van der Waals surface area contributed by atoms with Crippen molar-refractivity contribution in [3.63, 3.8) is 0 Å². The van der Waals surface area contributed by atoms with Gasteiger partial charge < -0.3 is 10.1 Å². The molecular formula is C13H15FN2O. The fourth-order valence-electron chi connectivity index (χ4n) is 1.97. The van der Waals surface area contributed by atoms with Gasteiger partial charge in [-0.05, 0) is 43.1 Å². The molecule has 0 aliphatic carbocycles. The molecule has 90 valence electrons. The van der Waals surface area contributed by atoms with Gasteiger partial charge in [0.15, 0.2) is 0 Å². The largest absolute Gasteiger partial charge is 0.372 e. The number of halogens is 1. The van der Waals surface area contributed by atoms with Crippen LogP contribution in [0.3, 0.4) is 0 Å². The van der Waals surface area contributed by atoms with Gasteiger partial charge in [-0.2, -0.15) is 5.26 Å². The lowest BCUT2D eigenvalue weighted by Crippen LogP contribution is -2.35. The summed E-state index contributed by atoms with van der Waals surface area (Å²) in [4.78, 5) is 0. The average Bonchev–Trinajstić information content (AvgIpc) is 2.37. The lowest BCUT2D eigenvalue weighted by atomic mass is 10.1. The van der Waals surface area contributed by atoms with E-state index in [0.29, 0.717) is 17.7 Å². The van der Waals surface area contributed by atoms with Crippen LogP contribution in [0, 0.1) is 17.1 Å². The summed E-state index contributed by atoms with van der Waals surface area (Å²) in [6.07, 6.45) is 2.34. The van der Waals surface area contributed by atoms with Gasteiger partial charge in [0.2, 0.25) is 0 Å². The van der Waals surface area contributed by atoms with E-state index >= 15 is 0 Å². The Balaban J connectivity index is 1.94. The lowest BCUT2D eigenvalue weighted by Gasteiger charge is -2.23. The fourth-order valence-corrected chi connectivity index (χ4v) is 1.97. The minimum absolute atomic E-state index is 0.192. The molecule has 0 saturated carbocycles. The van der Waals surface area contributed by atoms with Gasteiger partial charge in [0, 0.05) is 6.54 Å². The van der Waals surface area contributed by atoms with E-state index in [9.17, 15) is 4.39 Å². The van der Waals surface area contributed by atoms with E-state index in [0.717, 1.165) is 25.9 Å². The molecule has 0 radical (unpaired) electrons. The van der Waals surface area contributed by atoms with Crippen LogP contribution < -0.4 is 5.32 Å². The second kappa shape index (κ2) is 5.76. The first kappa shape index (κ1) is 12.0. The Kier molecular flexibility index (Phi) is 4.08. The highest BCUT2D eigenvalue weighted by Crippen LogP contribution is 2.13. The van der Waals surface area contributed by atoms with Crippen molar-refractivity contribution in [2.45, 2.75) is 25.6 Å². The molecule has 0 spiro atoms. The molecule has 3 nitrogen and oxygen atoms in total. The molecule has 1 heterocycles. The number of benzene rings is 1. The van der Waals surface area contributed by atoms with Gasteiger partial charge in [0.25, 0.3) is 0 Å². The number of piperidine rings is 1. The quantitative estimate of drug-likeness (QED) is 0.869. The minimum atomic E-state index is -0.385. The highest BCUT2D eigenvalue weighted by molar-refractivity contribution is 5.33. The number of nitrogens with one attached hydrogen (secondary N) is 1. The van der Waals surface area contributed by atoms with Crippen molar-refractivity contribution in [2.75, 3.05) is 13.1 Å². The third kappa shape index (κ3) is 3.52. The monoisotopic (exact) mass is 234 g/mol. The minimum Gasteiger partial charge on any atom is -0.372 e. The molecule has 1 aliphatic rings. The second-order valence-electron chi connectivity index (χ2n) is 4.24. The number of hydrogen-bond donors (Lipinski definition) is 1. The Morgan fingerprint density at radius 2 is 2.35 bits per heavy atom. The maximum Gasteiger partial charge on any atom is 0.124 e. The summed E-state index contributed by atoms with van der Waals surface area (Å²) in [5, 5.41) is 12.0. The van der Waals surface area contributed by atoms with E-state index in [1.165, 1.54) is 12.1 Å². The van der Waals surface area contributed by atoms with E-state index in [4.69, 9.17) is 10.00 Å². The number of nitriles is 1. The highest BCUT2D eigenvalue weighted by atomic mass is 19.1. The molecule has 1 aliphatic heterocycles. The molecule has 2 rings (SSSR count). The summed E-state index contributed by atoms with van der Waals surface area (Å²) in [5.41, 5.74) is 1.05. The summed E-state index contributed by atoms with van der Waals surface area (Å²) >= 11 is 0. The van der Waals surface area contributed by atoms with Crippen LogP contribution in [-0.4, -0.2) is 19.2 Å². The van der Waals surface area contributed by atoms with Crippen molar-refractivity contribution < 1.29 is 9.13 Å². The third-order valence-electron chi connectivity index (χ3n) is 2.82. The smallest absolute Gasteiger partial charge is 0.124 e. The highest BCUT2D eigenvalue weighted by Gasteiger charge is 2.13. The molecular weight excluding hydrogens is 219 g/mol. The standard InChI is InChI=1S/C13H15FN2O/c14-12-5-10(7-15)4-11(6-12)9-17-13-2-1-3-16-8-13/h4-6,13,16H,1-3,8-9H2/t13-/m0/s1. The van der Waals surface area contributed by atoms with Crippen molar-refractivity contribution in [1.29, 1.82) is 5.26 Å². The van der Waals surface area contributed by atoms with Gasteiger partial charge in [-0.25, -0.2) is 4.39 Å². The van der Waals surface area contributed by atoms with E-state index < -0.39 is 0 Å². The number of hydrogen-bond acceptors (Lipinski definition) is 3. The first-order valence-corrected chi connectivity index (χ1v) is 5.80. The van der Waals surface area contributed by atoms with Crippen LogP contribution in [0.4, 0.5) is 4.39 Å². The molecule has 0 bridgehead atoms. The first-order chi connectivity index (χ1) is 8.28. The fraction of sp³-hybridized carbons (Fsp3) is 0.462. The number of rotatable bonds is 3. The van der Waals surface area contributed by atoms with Gasteiger partial charge in [-0.1, -0.05) is 0 Å². The summed E-state index contributed by atoms with van der Waals surface area (Å²) < 4.78 is 18.8. The Morgan fingerprint density at radius 3 is 3.06 bits per heavy atom. The molecule has 1 aromatic carbocycles. The van der Waals surface area contributed by atoms with Gasteiger partial charge in [-0.15, -0.1) is 0 Å². The van der Waals surface area contributed by atoms with E-state index in [1.807, 2.05) is 6.07 Å². The van der Waals surface area contributed by atoms with Crippen LogP contribution in [0.5, 0.6) is 0 Å². The number of ether oxygens (including phenoxy) is 1. The van der Waals surface area contributed by atoms with Crippen molar-refractivity contribution in [1.82, 2.24) is 5.32 Å². The molecule has 1 fully saturated rings. The molecule has 17 heavy (non-hydrogen) atoms. The molecule has 0 aromatic heterocycles. The van der Waals surface area contributed by atoms with Crippen LogP contribution >= 0.6 is 0 Å². The third-order valence-corrected chi connectivity index (χ3v) is 2.82. The normalized spacial score (nSPS) is 19.9. The lowest BCUT2D eigenvalue weighted by molar-refractivity contribution is 0.0252. The molecule has 0 unspecified atom stereocenters. The van der Waals surface area contributed by atoms with Crippen LogP contribution in [0.2, 0.25) is 0 Å². The first-order valence-electron chi connectivity index (χ1n) is 5.80. The SMILES string of the molecule is N#Cc1cc(F)cc(CO[C@H]2CCCNC2)c1. The maximum atomic E-state index is 13.2. The maximum absolute atomic E-state index is 13.2. The van der Waals surface area contributed by atoms with Crippen molar-refractivity contribution in [3.05, 3.63) is 35.1 Å². The molecule has 0 amide bonds. The summed E-state index contributed by atoms with van der Waals surface area (Å²) in [6.45, 7) is 2.25. The van der Waals surface area contributed by atoms with Crippen molar-refractivity contribution in [2.24, 2.45) is 0 Å². The molecule has 4 heteroatoms. The van der Waals surface area contributed by atoms with Gasteiger partial charge in [0.05, 0.1) is 24.3 Å². The molecule has 1 atom stereocenters. The Hall–Kier alpha value is -1.44. The number of nitrogens with zero attached hydrogens (tertiary/aromatic N) is 1. The molecule has 1 N–H and O–H groups in total. The topological polar surface area (TPSA) is 45.0 Å². The van der Waals surface area contributed by atoms with Crippen LogP contribution in [0.1, 0.15) is 24.0 Å². The van der Waals surface area contributed by atoms with Gasteiger partial charge in [-0.3, -0.25) is 0 Å². The van der Waals surface area contributed by atoms with Crippen LogP contribution in [0.25, 0.3) is 0 Å². The average molecular weight is 234 g/mol. The van der Waals surface area contributed by atoms with Crippen molar-refractivity contribution >= 4 is 0 Å². The predicted molar refractivity (Wildman–Crippen MR) is 61.8 cm³/mol. The van der Waals surface area contributed by atoms with Gasteiger partial charge in [0.1, 0.15) is 5.82 Å². The predicted octanol–water partition coefficient (Wildman–Crippen LogP) is 1.97. The molecule has 1 saturated heterocycles. The van der Waals surface area contributed by atoms with E-state index in [-0.39, 0.29) is 11.9 Å². The Bertz CT molecular complexity index is 422. The Labute approximate surface area is 100 Å². The second-order valence-corrected chi connectivity index (χ2v) is 4.24. The van der Waals surface area contributed by atoms with E-state index in [1.54, 1.807) is 6.07 Å². The van der Waals surface area contributed by atoms with E-state index in [2.05, 4.69) is 5.32 Å². The Morgan fingerprint density at radius 1 is 1.47 bits per heavy atom. The zero-order valence-electron chi connectivity index (χ0n) is 9.58. The molecule has 1 aromatic rings. The van der Waals surface area contributed by atoms with Crippen LogP contribution in [0.15, 0.2) is 18.2 Å². The zero-order chi connectivity index (χ0) is 12.1. The zero-order valence-corrected chi connectivity index (χ0v) is 9.58.